The molecule has 2 aliphatic heterocycles. The van der Waals surface area contributed by atoms with Crippen molar-refractivity contribution < 1.29 is 22.7 Å². The lowest BCUT2D eigenvalue weighted by molar-refractivity contribution is -0.120. The van der Waals surface area contributed by atoms with Gasteiger partial charge in [-0.25, -0.2) is 13.1 Å². The number of fused-ring (bicyclic) bond motifs is 1. The molecule has 0 aliphatic carbocycles. The number of carbonyl (C=O) groups excluding carboxylic acids is 2. The summed E-state index contributed by atoms with van der Waals surface area (Å²) in [6, 6.07) is 4.52. The van der Waals surface area contributed by atoms with Gasteiger partial charge < -0.3 is 20.4 Å². The highest BCUT2D eigenvalue weighted by Crippen LogP contribution is 2.35. The van der Waals surface area contributed by atoms with E-state index >= 15 is 0 Å². The first kappa shape index (κ1) is 25.1. The number of hydrogen-bond donors (Lipinski definition) is 4. The van der Waals surface area contributed by atoms with E-state index in [9.17, 15) is 18.0 Å². The van der Waals surface area contributed by atoms with E-state index in [-0.39, 0.29) is 23.1 Å². The van der Waals surface area contributed by atoms with Crippen molar-refractivity contribution in [1.82, 2.24) is 19.9 Å². The average Bonchev–Trinajstić information content (AvgIpc) is 3.29. The van der Waals surface area contributed by atoms with E-state index in [1.54, 1.807) is 12.1 Å². The molecule has 2 aromatic rings. The summed E-state index contributed by atoms with van der Waals surface area (Å²) in [5.41, 5.74) is 4.74. The monoisotopic (exact) mass is 501 g/mol. The summed E-state index contributed by atoms with van der Waals surface area (Å²) in [5.74, 6) is -0.374. The number of aromatic amines is 1. The second-order valence-corrected chi connectivity index (χ2v) is 10.6. The van der Waals surface area contributed by atoms with Gasteiger partial charge in [-0.05, 0) is 56.3 Å². The van der Waals surface area contributed by atoms with Crippen LogP contribution in [0.4, 0.5) is 5.69 Å². The van der Waals surface area contributed by atoms with E-state index in [2.05, 4.69) is 25.2 Å². The lowest BCUT2D eigenvalue weighted by Gasteiger charge is -2.26. The molecule has 0 radical (unpaired) electrons. The van der Waals surface area contributed by atoms with Crippen LogP contribution >= 0.6 is 0 Å². The van der Waals surface area contributed by atoms with Gasteiger partial charge in [-0.15, -0.1) is 0 Å². The van der Waals surface area contributed by atoms with Crippen LogP contribution < -0.4 is 15.4 Å². The third-order valence-electron chi connectivity index (χ3n) is 6.46. The smallest absolute Gasteiger partial charge is 0.256 e. The van der Waals surface area contributed by atoms with Gasteiger partial charge in [-0.1, -0.05) is 0 Å². The van der Waals surface area contributed by atoms with Crippen LogP contribution in [0.2, 0.25) is 0 Å². The van der Waals surface area contributed by atoms with Crippen molar-refractivity contribution in [1.29, 1.82) is 0 Å². The van der Waals surface area contributed by atoms with Crippen LogP contribution in [0.15, 0.2) is 23.1 Å². The number of rotatable bonds is 8. The van der Waals surface area contributed by atoms with E-state index in [0.717, 1.165) is 49.7 Å². The van der Waals surface area contributed by atoms with Crippen molar-refractivity contribution in [2.75, 3.05) is 51.8 Å². The Labute approximate surface area is 205 Å². The molecule has 1 aromatic heterocycles. The Morgan fingerprint density at radius 1 is 1.23 bits per heavy atom. The summed E-state index contributed by atoms with van der Waals surface area (Å²) in [6.45, 7) is 8.37. The number of ether oxygens (including phenoxy) is 1. The SMILES string of the molecule is CNS(=O)(=O)c1ccc2c(c1)/C(=C/c1[nH]c(C)c(CC(=O)NCCN3CCOCC3)c1C)C(=O)N2. The second kappa shape index (κ2) is 10.3. The molecular formula is C24H31N5O5S. The minimum atomic E-state index is -3.65. The fourth-order valence-electron chi connectivity index (χ4n) is 4.37. The first-order valence-electron chi connectivity index (χ1n) is 11.6. The highest BCUT2D eigenvalue weighted by Gasteiger charge is 2.27. The largest absolute Gasteiger partial charge is 0.379 e. The predicted molar refractivity (Wildman–Crippen MR) is 133 cm³/mol. The van der Waals surface area contributed by atoms with Crippen molar-refractivity contribution in [3.63, 3.8) is 0 Å². The van der Waals surface area contributed by atoms with Crippen molar-refractivity contribution in [2.45, 2.75) is 25.2 Å². The van der Waals surface area contributed by atoms with E-state index in [1.165, 1.54) is 19.2 Å². The van der Waals surface area contributed by atoms with Crippen molar-refractivity contribution >= 4 is 39.2 Å². The second-order valence-electron chi connectivity index (χ2n) is 8.68. The molecule has 0 bridgehead atoms. The number of morpholine rings is 1. The zero-order chi connectivity index (χ0) is 25.2. The average molecular weight is 502 g/mol. The van der Waals surface area contributed by atoms with E-state index in [4.69, 9.17) is 4.74 Å². The molecule has 2 amide bonds. The molecule has 10 nitrogen and oxygen atoms in total. The van der Waals surface area contributed by atoms with E-state index in [0.29, 0.717) is 29.1 Å². The number of aryl methyl sites for hydroxylation is 1. The van der Waals surface area contributed by atoms with Gasteiger partial charge in [0.05, 0.1) is 30.1 Å². The number of hydrogen-bond acceptors (Lipinski definition) is 6. The minimum absolute atomic E-state index is 0.0615. The number of nitrogens with zero attached hydrogens (tertiary/aromatic N) is 1. The third-order valence-corrected chi connectivity index (χ3v) is 7.88. The first-order chi connectivity index (χ1) is 16.7. The summed E-state index contributed by atoms with van der Waals surface area (Å²) in [4.78, 5) is 30.9. The molecule has 4 rings (SSSR count). The van der Waals surface area contributed by atoms with Crippen molar-refractivity contribution in [2.24, 2.45) is 0 Å². The summed E-state index contributed by atoms with van der Waals surface area (Å²) >= 11 is 0. The van der Waals surface area contributed by atoms with Gasteiger partial charge in [0.25, 0.3) is 5.91 Å². The molecule has 3 heterocycles. The number of benzene rings is 1. The van der Waals surface area contributed by atoms with Crippen LogP contribution in [0.1, 0.15) is 28.1 Å². The normalized spacial score (nSPS) is 17.5. The Balaban J connectivity index is 1.50. The Hall–Kier alpha value is -2.99. The zero-order valence-corrected chi connectivity index (χ0v) is 21.0. The Morgan fingerprint density at radius 2 is 1.97 bits per heavy atom. The van der Waals surface area contributed by atoms with Crippen LogP contribution in [-0.2, 0) is 30.8 Å². The number of anilines is 1. The number of H-pyrrole nitrogens is 1. The van der Waals surface area contributed by atoms with Crippen molar-refractivity contribution in [3.8, 4) is 0 Å². The van der Waals surface area contributed by atoms with E-state index < -0.39 is 10.0 Å². The molecule has 0 atom stereocenters. The Kier molecular flexibility index (Phi) is 7.41. The highest BCUT2D eigenvalue weighted by molar-refractivity contribution is 7.89. The molecule has 35 heavy (non-hydrogen) atoms. The molecular weight excluding hydrogens is 470 g/mol. The van der Waals surface area contributed by atoms with Gasteiger partial charge in [0.2, 0.25) is 15.9 Å². The van der Waals surface area contributed by atoms with Crippen LogP contribution in [-0.4, -0.2) is 76.6 Å². The van der Waals surface area contributed by atoms with Crippen LogP contribution in [0, 0.1) is 13.8 Å². The standard InChI is InChI=1S/C24H31N5O5S/c1-15-18(14-23(30)26-6-7-29-8-10-34-11-9-29)16(2)27-22(15)13-20-19-12-17(35(32,33)25-3)4-5-21(19)28-24(20)31/h4-5,12-13,25,27H,6-11,14H2,1-3H3,(H,26,30)(H,28,31)/b20-13-. The molecule has 0 unspecified atom stereocenters. The minimum Gasteiger partial charge on any atom is -0.379 e. The molecule has 11 heteroatoms. The Morgan fingerprint density at radius 3 is 2.69 bits per heavy atom. The maximum Gasteiger partial charge on any atom is 0.256 e. The lowest BCUT2D eigenvalue weighted by atomic mass is 10.0. The zero-order valence-electron chi connectivity index (χ0n) is 20.2. The van der Waals surface area contributed by atoms with Gasteiger partial charge in [-0.2, -0.15) is 0 Å². The molecule has 0 spiro atoms. The fraction of sp³-hybridized carbons (Fsp3) is 0.417. The topological polar surface area (TPSA) is 133 Å². The van der Waals surface area contributed by atoms with Gasteiger partial charge >= 0.3 is 0 Å². The Bertz CT molecular complexity index is 1280. The van der Waals surface area contributed by atoms with Gasteiger partial charge in [0.1, 0.15) is 0 Å². The van der Waals surface area contributed by atoms with Crippen LogP contribution in [0.3, 0.4) is 0 Å². The summed E-state index contributed by atoms with van der Waals surface area (Å²) in [7, 11) is -2.31. The van der Waals surface area contributed by atoms with Gasteiger partial charge in [0, 0.05) is 48.8 Å². The number of sulfonamides is 1. The molecule has 188 valence electrons. The fourth-order valence-corrected chi connectivity index (χ4v) is 5.12. The maximum atomic E-state index is 12.7. The van der Waals surface area contributed by atoms with Gasteiger partial charge in [0.15, 0.2) is 0 Å². The summed E-state index contributed by atoms with van der Waals surface area (Å²) in [5, 5.41) is 5.76. The molecule has 0 saturated carbocycles. The third kappa shape index (κ3) is 5.48. The number of aromatic nitrogens is 1. The molecule has 2 aliphatic rings. The van der Waals surface area contributed by atoms with Crippen molar-refractivity contribution in [3.05, 3.63) is 46.3 Å². The van der Waals surface area contributed by atoms with Crippen LogP contribution in [0.5, 0.6) is 0 Å². The number of amides is 2. The molecule has 1 saturated heterocycles. The molecule has 1 fully saturated rings. The predicted octanol–water partition coefficient (Wildman–Crippen LogP) is 1.02. The maximum absolute atomic E-state index is 12.7. The summed E-state index contributed by atoms with van der Waals surface area (Å²) in [6.07, 6.45) is 1.94. The van der Waals surface area contributed by atoms with Crippen LogP contribution in [0.25, 0.3) is 11.6 Å². The quantitative estimate of drug-likeness (QED) is 0.400. The first-order valence-corrected chi connectivity index (χ1v) is 13.0. The van der Waals surface area contributed by atoms with Gasteiger partial charge in [-0.3, -0.25) is 14.5 Å². The lowest BCUT2D eigenvalue weighted by Crippen LogP contribution is -2.41. The number of nitrogens with one attached hydrogen (secondary N) is 4. The molecule has 1 aromatic carbocycles. The number of carbonyl (C=O) groups is 2. The summed E-state index contributed by atoms with van der Waals surface area (Å²) < 4.78 is 32.1. The van der Waals surface area contributed by atoms with E-state index in [1.807, 2.05) is 13.8 Å². The highest BCUT2D eigenvalue weighted by atomic mass is 32.2. The molecule has 4 N–H and O–H groups in total.